The Kier molecular flexibility index (Phi) is 3.97. The lowest BCUT2D eigenvalue weighted by molar-refractivity contribution is 0.601. The SMILES string of the molecule is Nc1c(Cl)cc(NS(=O)(=O)c2ccc3c(c2)CCC3)cc1Cl. The minimum atomic E-state index is -3.69. The molecular weight excluding hydrogens is 343 g/mol. The van der Waals surface area contributed by atoms with E-state index in [9.17, 15) is 8.42 Å². The highest BCUT2D eigenvalue weighted by Crippen LogP contribution is 2.32. The van der Waals surface area contributed by atoms with Crippen LogP contribution in [0, 0.1) is 0 Å². The van der Waals surface area contributed by atoms with Crippen LogP contribution in [-0.4, -0.2) is 8.42 Å². The predicted molar refractivity (Wildman–Crippen MR) is 90.1 cm³/mol. The number of rotatable bonds is 3. The molecule has 116 valence electrons. The molecule has 2 aromatic carbocycles. The molecule has 3 rings (SSSR count). The molecule has 0 amide bonds. The van der Waals surface area contributed by atoms with Crippen molar-refractivity contribution in [1.29, 1.82) is 0 Å². The highest BCUT2D eigenvalue weighted by atomic mass is 35.5. The van der Waals surface area contributed by atoms with Gasteiger partial charge in [0.05, 0.1) is 26.3 Å². The van der Waals surface area contributed by atoms with Crippen LogP contribution < -0.4 is 10.5 Å². The van der Waals surface area contributed by atoms with Gasteiger partial charge in [0.25, 0.3) is 10.0 Å². The fourth-order valence-electron chi connectivity index (χ4n) is 2.57. The van der Waals surface area contributed by atoms with Gasteiger partial charge in [-0.15, -0.1) is 0 Å². The van der Waals surface area contributed by atoms with E-state index in [-0.39, 0.29) is 26.3 Å². The Labute approximate surface area is 139 Å². The first-order valence-corrected chi connectivity index (χ1v) is 9.00. The maximum absolute atomic E-state index is 12.5. The van der Waals surface area contributed by atoms with Crippen LogP contribution in [0.4, 0.5) is 11.4 Å². The summed E-state index contributed by atoms with van der Waals surface area (Å²) in [5, 5.41) is 0.415. The van der Waals surface area contributed by atoms with Crippen LogP contribution in [0.1, 0.15) is 17.5 Å². The first-order valence-electron chi connectivity index (χ1n) is 6.76. The topological polar surface area (TPSA) is 72.2 Å². The van der Waals surface area contributed by atoms with Gasteiger partial charge in [0.2, 0.25) is 0 Å². The number of nitrogen functional groups attached to an aromatic ring is 1. The summed E-state index contributed by atoms with van der Waals surface area (Å²) in [6.07, 6.45) is 2.99. The Bertz CT molecular complexity index is 828. The Hall–Kier alpha value is -1.43. The summed E-state index contributed by atoms with van der Waals surface area (Å²) in [4.78, 5) is 0.234. The molecule has 0 aliphatic heterocycles. The molecule has 0 aromatic heterocycles. The molecule has 0 saturated heterocycles. The zero-order valence-corrected chi connectivity index (χ0v) is 13.9. The second kappa shape index (κ2) is 5.65. The molecule has 0 atom stereocenters. The monoisotopic (exact) mass is 356 g/mol. The van der Waals surface area contributed by atoms with Gasteiger partial charge in [-0.2, -0.15) is 0 Å². The molecule has 0 saturated carbocycles. The van der Waals surface area contributed by atoms with Crippen LogP contribution in [0.2, 0.25) is 10.0 Å². The molecule has 0 radical (unpaired) electrons. The molecule has 0 heterocycles. The number of benzene rings is 2. The fourth-order valence-corrected chi connectivity index (χ4v) is 4.15. The standard InChI is InChI=1S/C15H14Cl2N2O2S/c16-13-7-11(8-14(17)15(13)18)19-22(20,21)12-5-4-9-2-1-3-10(9)6-12/h4-8,19H,1-3,18H2. The van der Waals surface area contributed by atoms with E-state index in [2.05, 4.69) is 4.72 Å². The molecule has 0 fully saturated rings. The van der Waals surface area contributed by atoms with E-state index in [0.717, 1.165) is 24.8 Å². The van der Waals surface area contributed by atoms with Crippen molar-refractivity contribution in [3.05, 3.63) is 51.5 Å². The lowest BCUT2D eigenvalue weighted by Gasteiger charge is -2.11. The van der Waals surface area contributed by atoms with Crippen molar-refractivity contribution >= 4 is 44.6 Å². The van der Waals surface area contributed by atoms with Gasteiger partial charge in [0.15, 0.2) is 0 Å². The number of aryl methyl sites for hydroxylation is 2. The van der Waals surface area contributed by atoms with E-state index in [1.54, 1.807) is 12.1 Å². The van der Waals surface area contributed by atoms with Crippen molar-refractivity contribution in [2.75, 3.05) is 10.5 Å². The summed E-state index contributed by atoms with van der Waals surface area (Å²) >= 11 is 11.9. The van der Waals surface area contributed by atoms with Crippen LogP contribution >= 0.6 is 23.2 Å². The van der Waals surface area contributed by atoms with E-state index in [4.69, 9.17) is 28.9 Å². The summed E-state index contributed by atoms with van der Waals surface area (Å²) in [5.74, 6) is 0. The Balaban J connectivity index is 1.94. The van der Waals surface area contributed by atoms with E-state index in [1.807, 2.05) is 6.07 Å². The van der Waals surface area contributed by atoms with Gasteiger partial charge in [-0.05, 0) is 54.7 Å². The van der Waals surface area contributed by atoms with Crippen molar-refractivity contribution in [2.24, 2.45) is 0 Å². The lowest BCUT2D eigenvalue weighted by Crippen LogP contribution is -2.13. The summed E-state index contributed by atoms with van der Waals surface area (Å²) in [6, 6.07) is 8.10. The second-order valence-corrected chi connectivity index (χ2v) is 7.74. The number of nitrogens with two attached hydrogens (primary N) is 1. The quantitative estimate of drug-likeness (QED) is 0.820. The van der Waals surface area contributed by atoms with Gasteiger partial charge >= 0.3 is 0 Å². The summed E-state index contributed by atoms with van der Waals surface area (Å²) < 4.78 is 27.4. The summed E-state index contributed by atoms with van der Waals surface area (Å²) in [7, 11) is -3.69. The number of hydrogen-bond donors (Lipinski definition) is 2. The molecule has 7 heteroatoms. The molecule has 4 nitrogen and oxygen atoms in total. The van der Waals surface area contributed by atoms with Crippen LogP contribution in [0.25, 0.3) is 0 Å². The van der Waals surface area contributed by atoms with Crippen molar-refractivity contribution in [3.8, 4) is 0 Å². The highest BCUT2D eigenvalue weighted by molar-refractivity contribution is 7.92. The molecule has 0 unspecified atom stereocenters. The van der Waals surface area contributed by atoms with Gasteiger partial charge in [-0.25, -0.2) is 8.42 Å². The normalized spacial score (nSPS) is 13.9. The molecule has 1 aliphatic rings. The second-order valence-electron chi connectivity index (χ2n) is 5.24. The zero-order valence-electron chi connectivity index (χ0n) is 11.6. The lowest BCUT2D eigenvalue weighted by atomic mass is 10.1. The third kappa shape index (κ3) is 2.89. The minimum absolute atomic E-state index is 0.208. The van der Waals surface area contributed by atoms with Crippen molar-refractivity contribution in [1.82, 2.24) is 0 Å². The molecule has 0 bridgehead atoms. The minimum Gasteiger partial charge on any atom is -0.396 e. The third-order valence-corrected chi connectivity index (χ3v) is 5.72. The highest BCUT2D eigenvalue weighted by Gasteiger charge is 2.19. The number of fused-ring (bicyclic) bond motifs is 1. The summed E-state index contributed by atoms with van der Waals surface area (Å²) in [5.41, 5.74) is 8.47. The number of anilines is 2. The Morgan fingerprint density at radius 2 is 1.64 bits per heavy atom. The van der Waals surface area contributed by atoms with Gasteiger partial charge in [0.1, 0.15) is 0 Å². The first-order chi connectivity index (χ1) is 10.4. The van der Waals surface area contributed by atoms with E-state index in [0.29, 0.717) is 0 Å². The van der Waals surface area contributed by atoms with Gasteiger partial charge in [0, 0.05) is 0 Å². The average Bonchev–Trinajstić information content (AvgIpc) is 2.91. The Morgan fingerprint density at radius 1 is 1.00 bits per heavy atom. The third-order valence-electron chi connectivity index (χ3n) is 3.71. The number of nitrogens with one attached hydrogen (secondary N) is 1. The molecule has 2 aromatic rings. The maximum Gasteiger partial charge on any atom is 0.261 e. The van der Waals surface area contributed by atoms with Gasteiger partial charge in [-0.3, -0.25) is 4.72 Å². The van der Waals surface area contributed by atoms with Crippen LogP contribution in [-0.2, 0) is 22.9 Å². The number of hydrogen-bond acceptors (Lipinski definition) is 3. The van der Waals surface area contributed by atoms with Gasteiger partial charge < -0.3 is 5.73 Å². The first kappa shape index (κ1) is 15.5. The van der Waals surface area contributed by atoms with Crippen molar-refractivity contribution < 1.29 is 8.42 Å². The number of sulfonamides is 1. The maximum atomic E-state index is 12.5. The molecular formula is C15H14Cl2N2O2S. The Morgan fingerprint density at radius 3 is 2.32 bits per heavy atom. The summed E-state index contributed by atoms with van der Waals surface area (Å²) in [6.45, 7) is 0. The van der Waals surface area contributed by atoms with E-state index >= 15 is 0 Å². The molecule has 1 aliphatic carbocycles. The van der Waals surface area contributed by atoms with Crippen molar-refractivity contribution in [3.63, 3.8) is 0 Å². The predicted octanol–water partition coefficient (Wildman–Crippen LogP) is 3.87. The largest absolute Gasteiger partial charge is 0.396 e. The fraction of sp³-hybridized carbons (Fsp3) is 0.200. The van der Waals surface area contributed by atoms with Crippen LogP contribution in [0.15, 0.2) is 35.2 Å². The van der Waals surface area contributed by atoms with Crippen LogP contribution in [0.3, 0.4) is 0 Å². The van der Waals surface area contributed by atoms with Crippen molar-refractivity contribution in [2.45, 2.75) is 24.2 Å². The smallest absolute Gasteiger partial charge is 0.261 e. The van der Waals surface area contributed by atoms with E-state index in [1.165, 1.54) is 17.7 Å². The van der Waals surface area contributed by atoms with Crippen LogP contribution in [0.5, 0.6) is 0 Å². The zero-order chi connectivity index (χ0) is 15.9. The average molecular weight is 357 g/mol. The van der Waals surface area contributed by atoms with Gasteiger partial charge in [-0.1, -0.05) is 29.3 Å². The number of halogens is 2. The molecule has 0 spiro atoms. The molecule has 22 heavy (non-hydrogen) atoms. The molecule has 3 N–H and O–H groups in total. The van der Waals surface area contributed by atoms with E-state index < -0.39 is 10.0 Å².